The molecule has 1 aromatic rings. The SMILES string of the molecule is CC(C)(C)OC(=O)NCCOc1ccc(S(F)(F)(F)(F)F)cc1. The van der Waals surface area contributed by atoms with Crippen molar-refractivity contribution in [2.75, 3.05) is 13.2 Å². The van der Waals surface area contributed by atoms with Gasteiger partial charge in [0.25, 0.3) is 0 Å². The van der Waals surface area contributed by atoms with Gasteiger partial charge in [0.05, 0.1) is 6.54 Å². The van der Waals surface area contributed by atoms with E-state index >= 15 is 0 Å². The molecule has 1 aromatic carbocycles. The van der Waals surface area contributed by atoms with Crippen LogP contribution in [-0.2, 0) is 4.74 Å². The molecular formula is C13H18F5NO3S. The molecule has 0 saturated carbocycles. The number of benzene rings is 1. The van der Waals surface area contributed by atoms with E-state index in [2.05, 4.69) is 5.32 Å². The molecule has 1 N–H and O–H groups in total. The van der Waals surface area contributed by atoms with Crippen molar-refractivity contribution >= 4 is 16.3 Å². The highest BCUT2D eigenvalue weighted by molar-refractivity contribution is 8.45. The lowest BCUT2D eigenvalue weighted by Gasteiger charge is -2.40. The largest absolute Gasteiger partial charge is 0.492 e. The zero-order chi connectivity index (χ0) is 18.0. The minimum atomic E-state index is -9.67. The third-order valence-electron chi connectivity index (χ3n) is 2.31. The van der Waals surface area contributed by atoms with Crippen LogP contribution >= 0.6 is 10.2 Å². The Labute approximate surface area is 130 Å². The van der Waals surface area contributed by atoms with Gasteiger partial charge in [-0.15, -0.1) is 0 Å². The molecule has 0 saturated heterocycles. The van der Waals surface area contributed by atoms with Gasteiger partial charge in [-0.3, -0.25) is 0 Å². The monoisotopic (exact) mass is 363 g/mol. The second-order valence-electron chi connectivity index (χ2n) is 5.72. The maximum Gasteiger partial charge on any atom is 0.407 e. The van der Waals surface area contributed by atoms with Gasteiger partial charge in [0.1, 0.15) is 22.9 Å². The molecule has 23 heavy (non-hydrogen) atoms. The number of hydrogen-bond acceptors (Lipinski definition) is 3. The van der Waals surface area contributed by atoms with E-state index in [4.69, 9.17) is 9.47 Å². The van der Waals surface area contributed by atoms with E-state index in [0.29, 0.717) is 0 Å². The van der Waals surface area contributed by atoms with Crippen LogP contribution < -0.4 is 10.1 Å². The van der Waals surface area contributed by atoms with Crippen molar-refractivity contribution in [3.8, 4) is 5.75 Å². The second kappa shape index (κ2) is 5.43. The van der Waals surface area contributed by atoms with Crippen molar-refractivity contribution in [3.05, 3.63) is 24.3 Å². The first-order chi connectivity index (χ1) is 10.1. The van der Waals surface area contributed by atoms with Crippen molar-refractivity contribution in [1.82, 2.24) is 5.32 Å². The Balaban J connectivity index is 2.48. The third kappa shape index (κ3) is 7.40. The van der Waals surface area contributed by atoms with Gasteiger partial charge in [0, 0.05) is 0 Å². The highest BCUT2D eigenvalue weighted by Crippen LogP contribution is 3.02. The maximum absolute atomic E-state index is 12.5. The Morgan fingerprint density at radius 1 is 1.09 bits per heavy atom. The minimum Gasteiger partial charge on any atom is -0.492 e. The van der Waals surface area contributed by atoms with Crippen LogP contribution in [0.5, 0.6) is 5.75 Å². The first-order valence-corrected chi connectivity index (χ1v) is 8.46. The molecule has 0 fully saturated rings. The topological polar surface area (TPSA) is 47.6 Å². The highest BCUT2D eigenvalue weighted by Gasteiger charge is 2.65. The Hall–Kier alpha value is -1.71. The molecule has 0 aromatic heterocycles. The Bertz CT molecular complexity index is 566. The molecule has 0 aliphatic heterocycles. The summed E-state index contributed by atoms with van der Waals surface area (Å²) < 4.78 is 72.5. The molecule has 0 aliphatic carbocycles. The number of ether oxygens (including phenoxy) is 2. The van der Waals surface area contributed by atoms with Crippen molar-refractivity contribution in [2.45, 2.75) is 31.3 Å². The average Bonchev–Trinajstić information content (AvgIpc) is 2.30. The lowest BCUT2D eigenvalue weighted by molar-refractivity contribution is 0.0520. The Morgan fingerprint density at radius 3 is 2.04 bits per heavy atom. The van der Waals surface area contributed by atoms with Crippen LogP contribution in [-0.4, -0.2) is 24.8 Å². The fraction of sp³-hybridized carbons (Fsp3) is 0.462. The van der Waals surface area contributed by atoms with Gasteiger partial charge in [0.2, 0.25) is 0 Å². The van der Waals surface area contributed by atoms with Crippen molar-refractivity contribution in [2.24, 2.45) is 0 Å². The van der Waals surface area contributed by atoms with Gasteiger partial charge < -0.3 is 14.8 Å². The first-order valence-electron chi connectivity index (χ1n) is 6.51. The zero-order valence-corrected chi connectivity index (χ0v) is 13.6. The van der Waals surface area contributed by atoms with Gasteiger partial charge in [-0.1, -0.05) is 19.4 Å². The second-order valence-corrected chi connectivity index (χ2v) is 8.13. The normalized spacial score (nSPS) is 15.3. The molecule has 0 unspecified atom stereocenters. The fourth-order valence-corrected chi connectivity index (χ4v) is 2.08. The van der Waals surface area contributed by atoms with Gasteiger partial charge in [0.15, 0.2) is 0 Å². The number of alkyl carbamates (subject to hydrolysis) is 1. The third-order valence-corrected chi connectivity index (χ3v) is 3.47. The minimum absolute atomic E-state index is 0.0263. The summed E-state index contributed by atoms with van der Waals surface area (Å²) in [6.07, 6.45) is -0.669. The van der Waals surface area contributed by atoms with E-state index in [1.165, 1.54) is 0 Å². The summed E-state index contributed by atoms with van der Waals surface area (Å²) >= 11 is 0. The maximum atomic E-state index is 12.5. The molecule has 0 bridgehead atoms. The van der Waals surface area contributed by atoms with Crippen LogP contribution in [0.25, 0.3) is 0 Å². The summed E-state index contributed by atoms with van der Waals surface area (Å²) in [5.41, 5.74) is -0.660. The fourth-order valence-electron chi connectivity index (χ4n) is 1.43. The van der Waals surface area contributed by atoms with Crippen molar-refractivity contribution in [1.29, 1.82) is 0 Å². The standard InChI is InChI=1S/C13H18F5NO3S/c1-13(2,3)22-12(20)19-8-9-21-10-4-6-11(7-5-10)23(14,15,16,17)18/h4-7H,8-9H2,1-3H3,(H,19,20). The molecular weight excluding hydrogens is 345 g/mol. The van der Waals surface area contributed by atoms with E-state index in [1.807, 2.05) is 0 Å². The molecule has 134 valence electrons. The molecule has 1 rings (SSSR count). The number of carbonyl (C=O) groups is 1. The van der Waals surface area contributed by atoms with E-state index in [-0.39, 0.29) is 31.0 Å². The lowest BCUT2D eigenvalue weighted by atomic mass is 10.2. The van der Waals surface area contributed by atoms with Crippen LogP contribution in [0.3, 0.4) is 0 Å². The number of rotatable bonds is 5. The molecule has 0 spiro atoms. The average molecular weight is 363 g/mol. The molecule has 4 nitrogen and oxygen atoms in total. The summed E-state index contributed by atoms with van der Waals surface area (Å²) in [5.74, 6) is -0.0263. The van der Waals surface area contributed by atoms with Gasteiger partial charge in [-0.05, 0) is 45.0 Å². The van der Waals surface area contributed by atoms with Crippen LogP contribution in [0, 0.1) is 0 Å². The highest BCUT2D eigenvalue weighted by atomic mass is 32.5. The summed E-state index contributed by atoms with van der Waals surface area (Å²) in [6.45, 7) is 5.03. The molecule has 10 heteroatoms. The van der Waals surface area contributed by atoms with Crippen molar-refractivity contribution in [3.63, 3.8) is 0 Å². The molecule has 1 amide bonds. The Kier molecular flexibility index (Phi) is 4.56. The van der Waals surface area contributed by atoms with Gasteiger partial charge in [-0.25, -0.2) is 4.79 Å². The van der Waals surface area contributed by atoms with Crippen LogP contribution in [0.15, 0.2) is 29.2 Å². The van der Waals surface area contributed by atoms with Crippen LogP contribution in [0.1, 0.15) is 20.8 Å². The summed E-state index contributed by atoms with van der Waals surface area (Å²) in [4.78, 5) is 9.32. The number of nitrogens with one attached hydrogen (secondary N) is 1. The lowest BCUT2D eigenvalue weighted by Crippen LogP contribution is -2.34. The number of hydrogen-bond donors (Lipinski definition) is 1. The summed E-state index contributed by atoms with van der Waals surface area (Å²) in [6, 6.07) is 2.11. The van der Waals surface area contributed by atoms with E-state index < -0.39 is 26.8 Å². The summed E-state index contributed by atoms with van der Waals surface area (Å²) in [7, 11) is -9.67. The van der Waals surface area contributed by atoms with Gasteiger partial charge in [-0.2, -0.15) is 0 Å². The van der Waals surface area contributed by atoms with E-state index in [0.717, 1.165) is 12.1 Å². The predicted octanol–water partition coefficient (Wildman–Crippen LogP) is 5.25. The van der Waals surface area contributed by atoms with Crippen LogP contribution in [0.2, 0.25) is 0 Å². The number of carbonyl (C=O) groups excluding carboxylic acids is 1. The predicted molar refractivity (Wildman–Crippen MR) is 77.6 cm³/mol. The number of amides is 1. The molecule has 0 aliphatic rings. The van der Waals surface area contributed by atoms with Crippen molar-refractivity contribution < 1.29 is 33.7 Å². The van der Waals surface area contributed by atoms with Gasteiger partial charge >= 0.3 is 16.3 Å². The number of halogens is 5. The van der Waals surface area contributed by atoms with Crippen LogP contribution in [0.4, 0.5) is 24.2 Å². The smallest absolute Gasteiger partial charge is 0.407 e. The first kappa shape index (κ1) is 19.3. The quantitative estimate of drug-likeness (QED) is 0.574. The summed E-state index contributed by atoms with van der Waals surface area (Å²) in [5, 5.41) is 2.38. The molecule has 0 atom stereocenters. The molecule has 0 heterocycles. The van der Waals surface area contributed by atoms with E-state index in [1.54, 1.807) is 20.8 Å². The zero-order valence-electron chi connectivity index (χ0n) is 12.7. The molecule has 0 radical (unpaired) electrons. The Morgan fingerprint density at radius 2 is 1.61 bits per heavy atom. The van der Waals surface area contributed by atoms with E-state index in [9.17, 15) is 24.2 Å².